The minimum atomic E-state index is -0.236. The number of rotatable bonds is 4. The molecular weight excluding hydrogens is 343 g/mol. The standard InChI is InChI=1S/C24H34ClF/c1-2-3-4-16-5-6-18-12-19(8-7-17(18)11-16)20-9-10-21-14-23(25)24(26)15-22(21)13-20/h14-20H,2-13H2,1H3. The molecule has 2 fully saturated rings. The Morgan fingerprint density at radius 1 is 0.923 bits per heavy atom. The third kappa shape index (κ3) is 3.98. The van der Waals surface area contributed by atoms with Crippen molar-refractivity contribution in [3.8, 4) is 0 Å². The summed E-state index contributed by atoms with van der Waals surface area (Å²) in [5, 5.41) is 0.294. The van der Waals surface area contributed by atoms with E-state index in [-0.39, 0.29) is 5.82 Å². The molecule has 1 aromatic rings. The molecule has 3 aliphatic rings. The molecule has 0 spiro atoms. The fraction of sp³-hybridized carbons (Fsp3) is 0.750. The maximum Gasteiger partial charge on any atom is 0.142 e. The van der Waals surface area contributed by atoms with E-state index in [0.29, 0.717) is 5.02 Å². The zero-order valence-corrected chi connectivity index (χ0v) is 17.0. The molecule has 3 aliphatic carbocycles. The summed E-state index contributed by atoms with van der Waals surface area (Å²) in [6, 6.07) is 3.59. The summed E-state index contributed by atoms with van der Waals surface area (Å²) < 4.78 is 13.9. The monoisotopic (exact) mass is 376 g/mol. The summed E-state index contributed by atoms with van der Waals surface area (Å²) in [6.45, 7) is 2.32. The topological polar surface area (TPSA) is 0 Å². The van der Waals surface area contributed by atoms with Crippen molar-refractivity contribution in [2.24, 2.45) is 29.6 Å². The highest BCUT2D eigenvalue weighted by Gasteiger charge is 2.38. The average Bonchev–Trinajstić information content (AvgIpc) is 2.66. The van der Waals surface area contributed by atoms with E-state index < -0.39 is 0 Å². The number of hydrogen-bond donors (Lipinski definition) is 0. The van der Waals surface area contributed by atoms with Crippen LogP contribution in [-0.2, 0) is 12.8 Å². The van der Waals surface area contributed by atoms with Gasteiger partial charge in [-0.1, -0.05) is 44.2 Å². The maximum atomic E-state index is 13.9. The molecule has 0 heterocycles. The second-order valence-electron chi connectivity index (χ2n) is 9.45. The third-order valence-corrected chi connectivity index (χ3v) is 8.19. The lowest BCUT2D eigenvalue weighted by atomic mass is 9.61. The molecule has 0 saturated heterocycles. The molecule has 0 amide bonds. The molecule has 26 heavy (non-hydrogen) atoms. The fourth-order valence-electron chi connectivity index (χ4n) is 6.39. The molecular formula is C24H34ClF. The number of fused-ring (bicyclic) bond motifs is 2. The Bertz CT molecular complexity index is 625. The summed E-state index contributed by atoms with van der Waals surface area (Å²) in [4.78, 5) is 0. The Balaban J connectivity index is 1.35. The van der Waals surface area contributed by atoms with Crippen LogP contribution in [0.1, 0.15) is 82.3 Å². The molecule has 0 bridgehead atoms. The van der Waals surface area contributed by atoms with E-state index in [2.05, 4.69) is 6.92 Å². The van der Waals surface area contributed by atoms with Crippen LogP contribution in [0.4, 0.5) is 4.39 Å². The van der Waals surface area contributed by atoms with Crippen molar-refractivity contribution in [1.29, 1.82) is 0 Å². The number of aryl methyl sites for hydroxylation is 1. The second kappa shape index (κ2) is 8.21. The SMILES string of the molecule is CCCCC1CCC2CC(C3CCc4cc(Cl)c(F)cc4C3)CCC2C1. The van der Waals surface area contributed by atoms with Gasteiger partial charge in [-0.3, -0.25) is 0 Å². The number of halogens is 2. The van der Waals surface area contributed by atoms with Crippen LogP contribution in [0.2, 0.25) is 5.02 Å². The molecule has 0 nitrogen and oxygen atoms in total. The van der Waals surface area contributed by atoms with E-state index in [9.17, 15) is 4.39 Å². The van der Waals surface area contributed by atoms with E-state index >= 15 is 0 Å². The summed E-state index contributed by atoms with van der Waals surface area (Å²) in [6.07, 6.45) is 16.5. The number of benzene rings is 1. The largest absolute Gasteiger partial charge is 0.205 e. The van der Waals surface area contributed by atoms with E-state index in [0.717, 1.165) is 42.4 Å². The van der Waals surface area contributed by atoms with E-state index in [1.54, 1.807) is 6.07 Å². The predicted molar refractivity (Wildman–Crippen MR) is 108 cm³/mol. The van der Waals surface area contributed by atoms with Gasteiger partial charge in [0.1, 0.15) is 5.82 Å². The maximum absolute atomic E-state index is 13.9. The molecule has 0 N–H and O–H groups in total. The van der Waals surface area contributed by atoms with E-state index in [1.807, 2.05) is 6.07 Å². The lowest BCUT2D eigenvalue weighted by molar-refractivity contribution is 0.0691. The van der Waals surface area contributed by atoms with Gasteiger partial charge < -0.3 is 0 Å². The summed E-state index contributed by atoms with van der Waals surface area (Å²) in [5.74, 6) is 4.41. The molecule has 4 rings (SSSR count). The van der Waals surface area contributed by atoms with Crippen molar-refractivity contribution in [3.05, 3.63) is 34.1 Å². The summed E-state index contributed by atoms with van der Waals surface area (Å²) >= 11 is 5.98. The Kier molecular flexibility index (Phi) is 5.93. The van der Waals surface area contributed by atoms with Crippen molar-refractivity contribution >= 4 is 11.6 Å². The smallest absolute Gasteiger partial charge is 0.142 e. The first kappa shape index (κ1) is 18.8. The normalized spacial score (nSPS) is 34.2. The lowest BCUT2D eigenvalue weighted by Gasteiger charge is -2.45. The van der Waals surface area contributed by atoms with Gasteiger partial charge in [0.25, 0.3) is 0 Å². The second-order valence-corrected chi connectivity index (χ2v) is 9.86. The summed E-state index contributed by atoms with van der Waals surface area (Å²) in [7, 11) is 0. The van der Waals surface area contributed by atoms with Gasteiger partial charge in [0.05, 0.1) is 5.02 Å². The van der Waals surface area contributed by atoms with Crippen molar-refractivity contribution in [2.45, 2.75) is 84.0 Å². The van der Waals surface area contributed by atoms with Crippen LogP contribution in [-0.4, -0.2) is 0 Å². The molecule has 0 aliphatic heterocycles. The molecule has 5 atom stereocenters. The molecule has 0 aromatic heterocycles. The van der Waals surface area contributed by atoms with Crippen molar-refractivity contribution < 1.29 is 4.39 Å². The molecule has 2 saturated carbocycles. The first-order chi connectivity index (χ1) is 12.6. The predicted octanol–water partition coefficient (Wildman–Crippen LogP) is 7.61. The van der Waals surface area contributed by atoms with Gasteiger partial charge in [-0.15, -0.1) is 0 Å². The van der Waals surface area contributed by atoms with Crippen LogP contribution in [0.3, 0.4) is 0 Å². The average molecular weight is 377 g/mol. The van der Waals surface area contributed by atoms with Crippen molar-refractivity contribution in [1.82, 2.24) is 0 Å². The minimum Gasteiger partial charge on any atom is -0.205 e. The highest BCUT2D eigenvalue weighted by Crippen LogP contribution is 2.49. The molecule has 1 aromatic carbocycles. The van der Waals surface area contributed by atoms with Gasteiger partial charge in [-0.2, -0.15) is 0 Å². The van der Waals surface area contributed by atoms with Crippen molar-refractivity contribution in [2.75, 3.05) is 0 Å². The third-order valence-electron chi connectivity index (χ3n) is 7.90. The van der Waals surface area contributed by atoms with Crippen LogP contribution >= 0.6 is 11.6 Å². The van der Waals surface area contributed by atoms with Gasteiger partial charge in [-0.25, -0.2) is 4.39 Å². The van der Waals surface area contributed by atoms with Gasteiger partial charge in [0.15, 0.2) is 0 Å². The number of hydrogen-bond acceptors (Lipinski definition) is 0. The van der Waals surface area contributed by atoms with Crippen LogP contribution < -0.4 is 0 Å². The molecule has 5 unspecified atom stereocenters. The van der Waals surface area contributed by atoms with Gasteiger partial charge in [-0.05, 0) is 104 Å². The molecule has 144 valence electrons. The van der Waals surface area contributed by atoms with Crippen LogP contribution in [0.5, 0.6) is 0 Å². The van der Waals surface area contributed by atoms with Gasteiger partial charge in [0.2, 0.25) is 0 Å². The Morgan fingerprint density at radius 3 is 2.46 bits per heavy atom. The van der Waals surface area contributed by atoms with Gasteiger partial charge >= 0.3 is 0 Å². The quantitative estimate of drug-likeness (QED) is 0.507. The molecule has 2 heteroatoms. The van der Waals surface area contributed by atoms with Crippen molar-refractivity contribution in [3.63, 3.8) is 0 Å². The number of unbranched alkanes of at least 4 members (excludes halogenated alkanes) is 1. The van der Waals surface area contributed by atoms with E-state index in [1.165, 1.54) is 75.3 Å². The van der Waals surface area contributed by atoms with Crippen LogP contribution in [0.15, 0.2) is 12.1 Å². The lowest BCUT2D eigenvalue weighted by Crippen LogP contribution is -2.35. The molecule has 0 radical (unpaired) electrons. The Hall–Kier alpha value is -0.560. The fourth-order valence-corrected chi connectivity index (χ4v) is 6.57. The zero-order valence-electron chi connectivity index (χ0n) is 16.3. The van der Waals surface area contributed by atoms with Crippen LogP contribution in [0.25, 0.3) is 0 Å². The first-order valence-electron chi connectivity index (χ1n) is 11.1. The Morgan fingerprint density at radius 2 is 1.65 bits per heavy atom. The highest BCUT2D eigenvalue weighted by molar-refractivity contribution is 6.30. The Labute approximate surface area is 163 Å². The first-order valence-corrected chi connectivity index (χ1v) is 11.5. The minimum absolute atomic E-state index is 0.236. The summed E-state index contributed by atoms with van der Waals surface area (Å²) in [5.41, 5.74) is 2.52. The highest BCUT2D eigenvalue weighted by atomic mass is 35.5. The zero-order chi connectivity index (χ0) is 18.1. The van der Waals surface area contributed by atoms with E-state index in [4.69, 9.17) is 11.6 Å². The van der Waals surface area contributed by atoms with Gasteiger partial charge in [0, 0.05) is 0 Å². The van der Waals surface area contributed by atoms with Crippen LogP contribution in [0, 0.1) is 35.4 Å².